The van der Waals surface area contributed by atoms with Gasteiger partial charge < -0.3 is 4.40 Å². The van der Waals surface area contributed by atoms with E-state index in [4.69, 9.17) is 0 Å². The van der Waals surface area contributed by atoms with Gasteiger partial charge in [-0.1, -0.05) is 60.7 Å². The summed E-state index contributed by atoms with van der Waals surface area (Å²) in [6.45, 7) is 0. The normalized spacial score (nSPS) is 12.4. The van der Waals surface area contributed by atoms with Gasteiger partial charge >= 0.3 is 0 Å². The van der Waals surface area contributed by atoms with Crippen molar-refractivity contribution in [2.45, 2.75) is 0 Å². The van der Waals surface area contributed by atoms with Crippen LogP contribution in [0.4, 0.5) is 0 Å². The highest BCUT2D eigenvalue weighted by Crippen LogP contribution is 2.41. The standard InChI is InChI=1S/C30H17NS/c1-2-8-19-14-23-22(13-18(19)7-1)24-16-25-21-10-4-6-12-29(21)32-30(25)17-28(24)31-26-11-5-3-9-20(26)15-27(23)31/h1-17H. The maximum absolute atomic E-state index is 2.46. The summed E-state index contributed by atoms with van der Waals surface area (Å²) in [5.41, 5.74) is 3.82. The lowest BCUT2D eigenvalue weighted by atomic mass is 9.99. The minimum Gasteiger partial charge on any atom is -0.309 e. The number of aromatic nitrogens is 1. The summed E-state index contributed by atoms with van der Waals surface area (Å²) in [6.07, 6.45) is 0. The van der Waals surface area contributed by atoms with Gasteiger partial charge in [0.25, 0.3) is 0 Å². The molecule has 0 fully saturated rings. The number of hydrogen-bond donors (Lipinski definition) is 0. The van der Waals surface area contributed by atoms with Gasteiger partial charge in [0.2, 0.25) is 0 Å². The first-order chi connectivity index (χ1) is 15.8. The van der Waals surface area contributed by atoms with Crippen LogP contribution in [0.2, 0.25) is 0 Å². The topological polar surface area (TPSA) is 4.41 Å². The molecule has 0 aliphatic carbocycles. The predicted molar refractivity (Wildman–Crippen MR) is 140 cm³/mol. The molecule has 0 unspecified atom stereocenters. The number of hydrogen-bond acceptors (Lipinski definition) is 1. The summed E-state index contributed by atoms with van der Waals surface area (Å²) in [5, 5.41) is 10.5. The second-order valence-electron chi connectivity index (χ2n) is 8.63. The van der Waals surface area contributed by atoms with Crippen LogP contribution in [0, 0.1) is 0 Å². The molecular formula is C30H17NS. The predicted octanol–water partition coefficient (Wildman–Crippen LogP) is 8.92. The molecule has 0 saturated heterocycles. The minimum absolute atomic E-state index is 1.27. The smallest absolute Gasteiger partial charge is 0.0555 e. The van der Waals surface area contributed by atoms with E-state index in [1.807, 2.05) is 11.3 Å². The molecule has 2 heteroatoms. The third kappa shape index (κ3) is 2.08. The van der Waals surface area contributed by atoms with Crippen LogP contribution in [0.3, 0.4) is 0 Å². The maximum Gasteiger partial charge on any atom is 0.0555 e. The zero-order valence-electron chi connectivity index (χ0n) is 17.2. The van der Waals surface area contributed by atoms with Crippen LogP contribution < -0.4 is 0 Å². The van der Waals surface area contributed by atoms with Gasteiger partial charge in [-0.3, -0.25) is 0 Å². The van der Waals surface area contributed by atoms with E-state index in [9.17, 15) is 0 Å². The summed E-state index contributed by atoms with van der Waals surface area (Å²) in [6, 6.07) is 38.1. The van der Waals surface area contributed by atoms with E-state index in [1.165, 1.54) is 69.0 Å². The van der Waals surface area contributed by atoms with E-state index in [0.29, 0.717) is 0 Å². The van der Waals surface area contributed by atoms with Gasteiger partial charge in [0.15, 0.2) is 0 Å². The number of fused-ring (bicyclic) bond motifs is 12. The van der Waals surface area contributed by atoms with Crippen molar-refractivity contribution in [1.82, 2.24) is 4.40 Å². The van der Waals surface area contributed by atoms with Crippen molar-refractivity contribution in [2.24, 2.45) is 0 Å². The summed E-state index contributed by atoms with van der Waals surface area (Å²) >= 11 is 1.89. The van der Waals surface area contributed by atoms with E-state index >= 15 is 0 Å². The zero-order valence-corrected chi connectivity index (χ0v) is 18.0. The number of para-hydroxylation sites is 1. The van der Waals surface area contributed by atoms with E-state index in [0.717, 1.165) is 0 Å². The molecule has 0 saturated carbocycles. The largest absolute Gasteiger partial charge is 0.309 e. The molecule has 0 N–H and O–H groups in total. The number of pyridine rings is 1. The molecule has 0 amide bonds. The molecule has 0 aliphatic rings. The van der Waals surface area contributed by atoms with Crippen molar-refractivity contribution in [3.05, 3.63) is 103 Å². The van der Waals surface area contributed by atoms with E-state index < -0.39 is 0 Å². The molecule has 3 aromatic heterocycles. The Morgan fingerprint density at radius 3 is 1.94 bits per heavy atom. The Morgan fingerprint density at radius 1 is 0.406 bits per heavy atom. The second kappa shape index (κ2) is 5.87. The van der Waals surface area contributed by atoms with E-state index in [2.05, 4.69) is 108 Å². The van der Waals surface area contributed by atoms with Gasteiger partial charge in [-0.05, 0) is 58.6 Å². The van der Waals surface area contributed by atoms with Crippen LogP contribution in [0.5, 0.6) is 0 Å². The highest BCUT2D eigenvalue weighted by atomic mass is 32.1. The summed E-state index contributed by atoms with van der Waals surface area (Å²) < 4.78 is 5.16. The van der Waals surface area contributed by atoms with Crippen LogP contribution in [0.1, 0.15) is 0 Å². The molecule has 148 valence electrons. The average Bonchev–Trinajstić information content (AvgIpc) is 3.40. The Balaban J connectivity index is 1.72. The van der Waals surface area contributed by atoms with Crippen molar-refractivity contribution in [2.75, 3.05) is 0 Å². The summed E-state index contributed by atoms with van der Waals surface area (Å²) in [4.78, 5) is 0. The Kier molecular flexibility index (Phi) is 3.08. The Morgan fingerprint density at radius 2 is 1.06 bits per heavy atom. The van der Waals surface area contributed by atoms with Gasteiger partial charge in [0.1, 0.15) is 0 Å². The van der Waals surface area contributed by atoms with Crippen molar-refractivity contribution in [3.8, 4) is 0 Å². The molecule has 8 aromatic rings. The molecule has 0 spiro atoms. The third-order valence-corrected chi connectivity index (χ3v) is 8.03. The monoisotopic (exact) mass is 423 g/mol. The second-order valence-corrected chi connectivity index (χ2v) is 9.72. The van der Waals surface area contributed by atoms with Crippen LogP contribution in [-0.4, -0.2) is 4.40 Å². The first-order valence-corrected chi connectivity index (χ1v) is 11.8. The molecule has 0 aliphatic heterocycles. The number of thiophene rings is 1. The number of rotatable bonds is 0. The number of benzene rings is 5. The Bertz CT molecular complexity index is 2040. The molecule has 1 nitrogen and oxygen atoms in total. The van der Waals surface area contributed by atoms with Crippen LogP contribution in [0.25, 0.3) is 69.0 Å². The molecule has 0 radical (unpaired) electrons. The minimum atomic E-state index is 1.27. The van der Waals surface area contributed by atoms with Gasteiger partial charge in [-0.15, -0.1) is 11.3 Å². The molecule has 8 rings (SSSR count). The fraction of sp³-hybridized carbons (Fsp3) is 0. The highest BCUT2D eigenvalue weighted by molar-refractivity contribution is 7.25. The van der Waals surface area contributed by atoms with Crippen LogP contribution in [-0.2, 0) is 0 Å². The fourth-order valence-corrected chi connectivity index (χ4v) is 6.57. The average molecular weight is 424 g/mol. The molecular weight excluding hydrogens is 406 g/mol. The molecule has 32 heavy (non-hydrogen) atoms. The Hall–Kier alpha value is -3.88. The summed E-state index contributed by atoms with van der Waals surface area (Å²) in [7, 11) is 0. The Labute approximate surface area is 187 Å². The number of nitrogens with zero attached hydrogens (tertiary/aromatic N) is 1. The van der Waals surface area contributed by atoms with Gasteiger partial charge in [-0.25, -0.2) is 0 Å². The fourth-order valence-electron chi connectivity index (χ4n) is 5.45. The quantitative estimate of drug-likeness (QED) is 0.169. The van der Waals surface area contributed by atoms with E-state index in [1.54, 1.807) is 0 Å². The summed E-state index contributed by atoms with van der Waals surface area (Å²) in [5.74, 6) is 0. The maximum atomic E-state index is 2.46. The lowest BCUT2D eigenvalue weighted by Gasteiger charge is -2.12. The molecule has 0 bridgehead atoms. The van der Waals surface area contributed by atoms with Crippen LogP contribution in [0.15, 0.2) is 103 Å². The zero-order chi connectivity index (χ0) is 20.8. The highest BCUT2D eigenvalue weighted by Gasteiger charge is 2.15. The first kappa shape index (κ1) is 16.8. The van der Waals surface area contributed by atoms with Gasteiger partial charge in [-0.2, -0.15) is 0 Å². The van der Waals surface area contributed by atoms with Crippen molar-refractivity contribution in [3.63, 3.8) is 0 Å². The van der Waals surface area contributed by atoms with E-state index in [-0.39, 0.29) is 0 Å². The molecule has 0 atom stereocenters. The lowest BCUT2D eigenvalue weighted by molar-refractivity contribution is 1.35. The van der Waals surface area contributed by atoms with Crippen molar-refractivity contribution >= 4 is 80.4 Å². The third-order valence-electron chi connectivity index (χ3n) is 6.90. The van der Waals surface area contributed by atoms with Gasteiger partial charge in [0, 0.05) is 36.3 Å². The van der Waals surface area contributed by atoms with Crippen LogP contribution >= 0.6 is 11.3 Å². The van der Waals surface area contributed by atoms with Gasteiger partial charge in [0.05, 0.1) is 16.6 Å². The molecule has 5 aromatic carbocycles. The van der Waals surface area contributed by atoms with Crippen molar-refractivity contribution < 1.29 is 0 Å². The lowest BCUT2D eigenvalue weighted by Crippen LogP contribution is -1.91. The SMILES string of the molecule is c1ccc2cc3c(cc2c1)c1cc2c(cc1n1c4ccccc4cc31)sc1ccccc12. The first-order valence-electron chi connectivity index (χ1n) is 10.9. The van der Waals surface area contributed by atoms with Crippen molar-refractivity contribution in [1.29, 1.82) is 0 Å². The molecule has 3 heterocycles.